The highest BCUT2D eigenvalue weighted by Crippen LogP contribution is 2.44. The molecule has 1 aliphatic rings. The maximum atomic E-state index is 6.60. The van der Waals surface area contributed by atoms with Gasteiger partial charge in [0.05, 0.1) is 5.76 Å². The van der Waals surface area contributed by atoms with Crippen LogP contribution in [0.25, 0.3) is 0 Å². The first-order valence-corrected chi connectivity index (χ1v) is 9.00. The third-order valence-corrected chi connectivity index (χ3v) is 10.1. The van der Waals surface area contributed by atoms with Crippen molar-refractivity contribution in [2.75, 3.05) is 0 Å². The first kappa shape index (κ1) is 14.6. The molecule has 2 heteroatoms. The van der Waals surface area contributed by atoms with Crippen LogP contribution in [0.3, 0.4) is 0 Å². The second-order valence-electron chi connectivity index (χ2n) is 6.24. The van der Waals surface area contributed by atoms with Crippen molar-refractivity contribution in [1.82, 2.24) is 0 Å². The normalized spacial score (nSPS) is 16.8. The number of hydrogen-bond acceptors (Lipinski definition) is 1. The molecule has 1 aliphatic carbocycles. The lowest BCUT2D eigenvalue weighted by molar-refractivity contribution is 0.364. The van der Waals surface area contributed by atoms with Gasteiger partial charge in [0.1, 0.15) is 0 Å². The number of allylic oxidation sites excluding steroid dienone is 3. The Hall–Kier alpha value is -0.503. The van der Waals surface area contributed by atoms with Crippen molar-refractivity contribution < 1.29 is 4.43 Å². The summed E-state index contributed by atoms with van der Waals surface area (Å²) < 4.78 is 6.60. The van der Waals surface area contributed by atoms with Gasteiger partial charge in [0.15, 0.2) is 0 Å². The molecule has 98 valence electrons. The lowest BCUT2D eigenvalue weighted by atomic mass is 10.3. The molecule has 0 atom stereocenters. The Labute approximate surface area is 108 Å². The summed E-state index contributed by atoms with van der Waals surface area (Å²) in [7, 11) is -1.72. The molecule has 0 fully saturated rings. The second-order valence-corrected chi connectivity index (χ2v) is 11.6. The lowest BCUT2D eigenvalue weighted by Gasteiger charge is -2.42. The van der Waals surface area contributed by atoms with Crippen molar-refractivity contribution in [3.05, 3.63) is 23.5 Å². The van der Waals surface area contributed by atoms with E-state index in [1.807, 2.05) is 0 Å². The van der Waals surface area contributed by atoms with Crippen LogP contribution in [-0.4, -0.2) is 8.32 Å². The Balaban J connectivity index is 2.92. The standard InChI is InChI=1S/C15H28OSi/c1-11(2)17(12(3)4,13(5)6)16-15-9-8-14(7)10-15/h8-9,11-13H,10H2,1-7H3. The van der Waals surface area contributed by atoms with Gasteiger partial charge in [0.25, 0.3) is 8.32 Å². The highest BCUT2D eigenvalue weighted by Gasteiger charge is 2.47. The van der Waals surface area contributed by atoms with E-state index in [4.69, 9.17) is 4.43 Å². The zero-order valence-corrected chi connectivity index (χ0v) is 13.5. The van der Waals surface area contributed by atoms with E-state index < -0.39 is 8.32 Å². The third kappa shape index (κ3) is 2.85. The van der Waals surface area contributed by atoms with Gasteiger partial charge in [0, 0.05) is 6.42 Å². The minimum Gasteiger partial charge on any atom is -0.545 e. The molecule has 0 aromatic carbocycles. The van der Waals surface area contributed by atoms with E-state index in [-0.39, 0.29) is 0 Å². The minimum atomic E-state index is -1.72. The van der Waals surface area contributed by atoms with Crippen LogP contribution in [0.4, 0.5) is 0 Å². The molecule has 0 spiro atoms. The predicted octanol–water partition coefficient (Wildman–Crippen LogP) is 5.41. The fourth-order valence-corrected chi connectivity index (χ4v) is 8.58. The third-order valence-electron chi connectivity index (χ3n) is 4.02. The summed E-state index contributed by atoms with van der Waals surface area (Å²) in [5.41, 5.74) is 3.39. The topological polar surface area (TPSA) is 9.23 Å². The fourth-order valence-electron chi connectivity index (χ4n) is 3.28. The summed E-state index contributed by atoms with van der Waals surface area (Å²) in [5.74, 6) is 1.20. The van der Waals surface area contributed by atoms with Gasteiger partial charge in [-0.05, 0) is 29.6 Å². The maximum Gasteiger partial charge on any atom is 0.258 e. The highest BCUT2D eigenvalue weighted by atomic mass is 28.4. The molecule has 0 heterocycles. The Bertz CT molecular complexity index is 302. The summed E-state index contributed by atoms with van der Waals surface area (Å²) in [6.45, 7) is 16.2. The fraction of sp³-hybridized carbons (Fsp3) is 0.733. The van der Waals surface area contributed by atoms with E-state index in [1.54, 1.807) is 0 Å². The molecule has 17 heavy (non-hydrogen) atoms. The second kappa shape index (κ2) is 5.43. The lowest BCUT2D eigenvalue weighted by Crippen LogP contribution is -2.47. The molecule has 0 amide bonds. The van der Waals surface area contributed by atoms with Crippen LogP contribution in [0, 0.1) is 0 Å². The maximum absolute atomic E-state index is 6.60. The van der Waals surface area contributed by atoms with Crippen LogP contribution in [-0.2, 0) is 4.43 Å². The van der Waals surface area contributed by atoms with Crippen molar-refractivity contribution in [3.8, 4) is 0 Å². The van der Waals surface area contributed by atoms with E-state index in [2.05, 4.69) is 60.6 Å². The molecule has 0 bridgehead atoms. The van der Waals surface area contributed by atoms with Crippen molar-refractivity contribution in [3.63, 3.8) is 0 Å². The average molecular weight is 252 g/mol. The van der Waals surface area contributed by atoms with Gasteiger partial charge in [-0.25, -0.2) is 0 Å². The zero-order valence-electron chi connectivity index (χ0n) is 12.5. The quantitative estimate of drug-likeness (QED) is 0.594. The van der Waals surface area contributed by atoms with E-state index in [9.17, 15) is 0 Å². The molecule has 1 rings (SSSR count). The molecule has 0 aromatic rings. The smallest absolute Gasteiger partial charge is 0.258 e. The number of rotatable bonds is 5. The summed E-state index contributed by atoms with van der Waals surface area (Å²) in [4.78, 5) is 0. The van der Waals surface area contributed by atoms with Crippen LogP contribution < -0.4 is 0 Å². The van der Waals surface area contributed by atoms with E-state index in [1.165, 1.54) is 11.3 Å². The first-order valence-electron chi connectivity index (χ1n) is 6.86. The van der Waals surface area contributed by atoms with Crippen molar-refractivity contribution >= 4 is 8.32 Å². The predicted molar refractivity (Wildman–Crippen MR) is 78.6 cm³/mol. The summed E-state index contributed by atoms with van der Waals surface area (Å²) in [6, 6.07) is 0. The zero-order chi connectivity index (χ0) is 13.2. The SMILES string of the molecule is CC1=CC=C(O[Si](C(C)C)(C(C)C)C(C)C)C1. The van der Waals surface area contributed by atoms with E-state index in [0.717, 1.165) is 6.42 Å². The Morgan fingerprint density at radius 3 is 1.71 bits per heavy atom. The van der Waals surface area contributed by atoms with Crippen molar-refractivity contribution in [2.24, 2.45) is 0 Å². The highest BCUT2D eigenvalue weighted by molar-refractivity contribution is 6.77. The molecule has 0 unspecified atom stereocenters. The van der Waals surface area contributed by atoms with Gasteiger partial charge >= 0.3 is 0 Å². The van der Waals surface area contributed by atoms with Gasteiger partial charge in [-0.3, -0.25) is 0 Å². The minimum absolute atomic E-state index is 0.657. The van der Waals surface area contributed by atoms with Crippen molar-refractivity contribution in [1.29, 1.82) is 0 Å². The summed E-state index contributed by atoms with van der Waals surface area (Å²) >= 11 is 0. The van der Waals surface area contributed by atoms with Gasteiger partial charge in [-0.2, -0.15) is 0 Å². The Kier molecular flexibility index (Phi) is 4.65. The molecule has 1 nitrogen and oxygen atoms in total. The van der Waals surface area contributed by atoms with Gasteiger partial charge in [0.2, 0.25) is 0 Å². The van der Waals surface area contributed by atoms with Crippen LogP contribution >= 0.6 is 0 Å². The monoisotopic (exact) mass is 252 g/mol. The van der Waals surface area contributed by atoms with Gasteiger partial charge in [-0.1, -0.05) is 53.2 Å². The molecule has 0 aromatic heterocycles. The van der Waals surface area contributed by atoms with Crippen LogP contribution in [0.1, 0.15) is 54.9 Å². The van der Waals surface area contributed by atoms with Crippen LogP contribution in [0.2, 0.25) is 16.6 Å². The van der Waals surface area contributed by atoms with Crippen molar-refractivity contribution in [2.45, 2.75) is 71.5 Å². The van der Waals surface area contributed by atoms with E-state index >= 15 is 0 Å². The summed E-state index contributed by atoms with van der Waals surface area (Å²) in [6.07, 6.45) is 5.38. The molecule has 0 saturated carbocycles. The molecular formula is C15H28OSi. The first-order chi connectivity index (χ1) is 7.80. The molecular weight excluding hydrogens is 224 g/mol. The van der Waals surface area contributed by atoms with Crippen LogP contribution in [0.15, 0.2) is 23.5 Å². The molecule has 0 aliphatic heterocycles. The molecule has 0 N–H and O–H groups in total. The van der Waals surface area contributed by atoms with Gasteiger partial charge in [-0.15, -0.1) is 0 Å². The van der Waals surface area contributed by atoms with Gasteiger partial charge < -0.3 is 4.43 Å². The van der Waals surface area contributed by atoms with Crippen LogP contribution in [0.5, 0.6) is 0 Å². The largest absolute Gasteiger partial charge is 0.545 e. The molecule has 0 radical (unpaired) electrons. The summed E-state index contributed by atoms with van der Waals surface area (Å²) in [5, 5.41) is 0. The average Bonchev–Trinajstić information content (AvgIpc) is 2.58. The Morgan fingerprint density at radius 2 is 1.41 bits per heavy atom. The Morgan fingerprint density at radius 1 is 0.941 bits per heavy atom. The van der Waals surface area contributed by atoms with E-state index in [0.29, 0.717) is 16.6 Å². The molecule has 0 saturated heterocycles. The number of hydrogen-bond donors (Lipinski definition) is 0.